The summed E-state index contributed by atoms with van der Waals surface area (Å²) in [5.74, 6) is 0.668. The summed E-state index contributed by atoms with van der Waals surface area (Å²) < 4.78 is 0. The number of thiophene rings is 1. The van der Waals surface area contributed by atoms with Crippen LogP contribution in [0, 0.1) is 17.2 Å². The Bertz CT molecular complexity index is 414. The van der Waals surface area contributed by atoms with E-state index in [0.717, 1.165) is 30.6 Å². The van der Waals surface area contributed by atoms with Crippen molar-refractivity contribution >= 4 is 17.2 Å². The Hall–Kier alpha value is -1.34. The highest BCUT2D eigenvalue weighted by atomic mass is 32.1. The van der Waals surface area contributed by atoms with Gasteiger partial charge in [-0.2, -0.15) is 5.26 Å². The predicted octanol–water partition coefficient (Wildman–Crippen LogP) is 2.88. The van der Waals surface area contributed by atoms with Gasteiger partial charge in [0.05, 0.1) is 12.5 Å². The first-order valence-electron chi connectivity index (χ1n) is 6.46. The topological polar surface area (TPSA) is 52.9 Å². The van der Waals surface area contributed by atoms with E-state index in [-0.39, 0.29) is 5.91 Å². The van der Waals surface area contributed by atoms with Crippen molar-refractivity contribution in [2.75, 3.05) is 0 Å². The second-order valence-corrected chi connectivity index (χ2v) is 5.94. The largest absolute Gasteiger partial charge is 0.353 e. The molecule has 0 unspecified atom stereocenters. The van der Waals surface area contributed by atoms with Gasteiger partial charge in [-0.15, -0.1) is 11.3 Å². The van der Waals surface area contributed by atoms with E-state index in [4.69, 9.17) is 5.26 Å². The number of nitrogens with one attached hydrogen (secondary N) is 1. The van der Waals surface area contributed by atoms with Gasteiger partial charge in [-0.1, -0.05) is 6.07 Å². The molecule has 0 saturated heterocycles. The zero-order valence-corrected chi connectivity index (χ0v) is 11.2. The van der Waals surface area contributed by atoms with Crippen LogP contribution >= 0.6 is 11.3 Å². The lowest BCUT2D eigenvalue weighted by molar-refractivity contribution is -0.121. The van der Waals surface area contributed by atoms with E-state index in [1.54, 1.807) is 11.3 Å². The predicted molar refractivity (Wildman–Crippen MR) is 72.1 cm³/mol. The number of hydrogen-bond donors (Lipinski definition) is 1. The van der Waals surface area contributed by atoms with Crippen LogP contribution in [-0.2, 0) is 11.2 Å². The third-order valence-electron chi connectivity index (χ3n) is 3.51. The van der Waals surface area contributed by atoms with Crippen LogP contribution in [0.5, 0.6) is 0 Å². The van der Waals surface area contributed by atoms with E-state index in [9.17, 15) is 4.79 Å². The Morgan fingerprint density at radius 3 is 2.83 bits per heavy atom. The number of carbonyl (C=O) groups is 1. The molecular formula is C14H18N2OS. The van der Waals surface area contributed by atoms with E-state index in [0.29, 0.717) is 24.8 Å². The van der Waals surface area contributed by atoms with Gasteiger partial charge in [-0.05, 0) is 43.0 Å². The molecule has 1 amide bonds. The molecule has 1 heterocycles. The van der Waals surface area contributed by atoms with Crippen LogP contribution in [0.25, 0.3) is 0 Å². The number of rotatable bonds is 4. The van der Waals surface area contributed by atoms with Crippen molar-refractivity contribution in [3.63, 3.8) is 0 Å². The van der Waals surface area contributed by atoms with Crippen LogP contribution in [0.3, 0.4) is 0 Å². The highest BCUT2D eigenvalue weighted by molar-refractivity contribution is 7.10. The number of carbonyl (C=O) groups excluding carboxylic acids is 1. The van der Waals surface area contributed by atoms with Crippen LogP contribution < -0.4 is 5.32 Å². The number of nitriles is 1. The fourth-order valence-corrected chi connectivity index (χ4v) is 3.19. The highest BCUT2D eigenvalue weighted by Gasteiger charge is 2.22. The molecule has 3 nitrogen and oxygen atoms in total. The molecule has 0 atom stereocenters. The standard InChI is InChI=1S/C14H18N2OS/c15-8-7-11-3-5-12(6-4-11)16-14(17)10-13-2-1-9-18-13/h1-2,9,11-12H,3-7,10H2,(H,16,17). The lowest BCUT2D eigenvalue weighted by Crippen LogP contribution is -2.38. The smallest absolute Gasteiger partial charge is 0.225 e. The van der Waals surface area contributed by atoms with Gasteiger partial charge in [-0.3, -0.25) is 4.79 Å². The molecule has 1 fully saturated rings. The molecule has 0 aliphatic heterocycles. The SMILES string of the molecule is N#CCC1CCC(NC(=O)Cc2cccs2)CC1. The molecule has 96 valence electrons. The van der Waals surface area contributed by atoms with Crippen LogP contribution in [0.2, 0.25) is 0 Å². The van der Waals surface area contributed by atoms with Crippen LogP contribution in [0.4, 0.5) is 0 Å². The van der Waals surface area contributed by atoms with E-state index in [1.165, 1.54) is 0 Å². The maximum absolute atomic E-state index is 11.8. The summed E-state index contributed by atoms with van der Waals surface area (Å²) in [5, 5.41) is 13.8. The Morgan fingerprint density at radius 1 is 1.44 bits per heavy atom. The van der Waals surface area contributed by atoms with Gasteiger partial charge in [0, 0.05) is 17.3 Å². The van der Waals surface area contributed by atoms with Gasteiger partial charge in [0.1, 0.15) is 0 Å². The molecule has 0 spiro atoms. The van der Waals surface area contributed by atoms with Gasteiger partial charge in [0.2, 0.25) is 5.91 Å². The van der Waals surface area contributed by atoms with E-state index in [2.05, 4.69) is 11.4 Å². The molecule has 1 aliphatic carbocycles. The Balaban J connectivity index is 1.71. The van der Waals surface area contributed by atoms with Crippen molar-refractivity contribution in [2.24, 2.45) is 5.92 Å². The molecule has 0 radical (unpaired) electrons. The fourth-order valence-electron chi connectivity index (χ4n) is 2.49. The van der Waals surface area contributed by atoms with Gasteiger partial charge < -0.3 is 5.32 Å². The molecule has 1 aliphatic rings. The Morgan fingerprint density at radius 2 is 2.22 bits per heavy atom. The lowest BCUT2D eigenvalue weighted by atomic mass is 9.84. The molecule has 0 bridgehead atoms. The van der Waals surface area contributed by atoms with E-state index < -0.39 is 0 Å². The van der Waals surface area contributed by atoms with Crippen molar-refractivity contribution in [1.29, 1.82) is 5.26 Å². The molecule has 1 aromatic heterocycles. The quantitative estimate of drug-likeness (QED) is 0.907. The third kappa shape index (κ3) is 3.85. The summed E-state index contributed by atoms with van der Waals surface area (Å²) in [4.78, 5) is 12.9. The summed E-state index contributed by atoms with van der Waals surface area (Å²) in [5.41, 5.74) is 0. The zero-order chi connectivity index (χ0) is 12.8. The van der Waals surface area contributed by atoms with Crippen LogP contribution in [0.15, 0.2) is 17.5 Å². The van der Waals surface area contributed by atoms with Crippen LogP contribution in [-0.4, -0.2) is 11.9 Å². The van der Waals surface area contributed by atoms with Gasteiger partial charge in [-0.25, -0.2) is 0 Å². The molecule has 4 heteroatoms. The monoisotopic (exact) mass is 262 g/mol. The molecule has 1 saturated carbocycles. The number of amides is 1. The summed E-state index contributed by atoms with van der Waals surface area (Å²) in [6, 6.07) is 6.52. The summed E-state index contributed by atoms with van der Waals surface area (Å²) in [6.07, 6.45) is 5.33. The minimum absolute atomic E-state index is 0.126. The molecule has 0 aromatic carbocycles. The van der Waals surface area contributed by atoms with Crippen molar-refractivity contribution in [2.45, 2.75) is 44.6 Å². The molecule has 18 heavy (non-hydrogen) atoms. The lowest BCUT2D eigenvalue weighted by Gasteiger charge is -2.27. The maximum Gasteiger partial charge on any atom is 0.225 e. The summed E-state index contributed by atoms with van der Waals surface area (Å²) in [6.45, 7) is 0. The van der Waals surface area contributed by atoms with E-state index >= 15 is 0 Å². The minimum Gasteiger partial charge on any atom is -0.353 e. The first-order chi connectivity index (χ1) is 8.78. The molecule has 2 rings (SSSR count). The fraction of sp³-hybridized carbons (Fsp3) is 0.571. The average Bonchev–Trinajstić information content (AvgIpc) is 2.84. The zero-order valence-electron chi connectivity index (χ0n) is 10.4. The second kappa shape index (κ2) is 6.55. The highest BCUT2D eigenvalue weighted by Crippen LogP contribution is 2.26. The van der Waals surface area contributed by atoms with Crippen molar-refractivity contribution in [3.8, 4) is 6.07 Å². The van der Waals surface area contributed by atoms with E-state index in [1.807, 2.05) is 17.5 Å². The summed E-state index contributed by atoms with van der Waals surface area (Å²) >= 11 is 1.62. The van der Waals surface area contributed by atoms with Crippen molar-refractivity contribution in [3.05, 3.63) is 22.4 Å². The number of nitrogens with zero attached hydrogens (tertiary/aromatic N) is 1. The van der Waals surface area contributed by atoms with Gasteiger partial charge in [0.25, 0.3) is 0 Å². The second-order valence-electron chi connectivity index (χ2n) is 4.90. The Labute approximate surface area is 112 Å². The van der Waals surface area contributed by atoms with Gasteiger partial charge in [0.15, 0.2) is 0 Å². The van der Waals surface area contributed by atoms with Crippen molar-refractivity contribution < 1.29 is 4.79 Å². The van der Waals surface area contributed by atoms with Crippen LogP contribution in [0.1, 0.15) is 37.0 Å². The number of hydrogen-bond acceptors (Lipinski definition) is 3. The maximum atomic E-state index is 11.8. The Kier molecular flexibility index (Phi) is 4.77. The molecular weight excluding hydrogens is 244 g/mol. The normalized spacial score (nSPS) is 23.3. The van der Waals surface area contributed by atoms with Crippen molar-refractivity contribution in [1.82, 2.24) is 5.32 Å². The minimum atomic E-state index is 0.126. The molecule has 1 aromatic rings. The first kappa shape index (κ1) is 13.1. The molecule has 1 N–H and O–H groups in total. The summed E-state index contributed by atoms with van der Waals surface area (Å²) in [7, 11) is 0. The average molecular weight is 262 g/mol. The van der Waals surface area contributed by atoms with Gasteiger partial charge >= 0.3 is 0 Å². The third-order valence-corrected chi connectivity index (χ3v) is 4.38. The first-order valence-corrected chi connectivity index (χ1v) is 7.34.